The number of methoxy groups -OCH3 is 1. The molecule has 3 aromatic carbocycles. The van der Waals surface area contributed by atoms with Gasteiger partial charge in [0, 0.05) is 26.4 Å². The van der Waals surface area contributed by atoms with E-state index >= 15 is 0 Å². The Kier molecular flexibility index (Phi) is 8.28. The Hall–Kier alpha value is -4.27. The highest BCUT2D eigenvalue weighted by molar-refractivity contribution is 5.78. The van der Waals surface area contributed by atoms with Gasteiger partial charge in [0.2, 0.25) is 5.60 Å². The molecule has 206 valence electrons. The highest BCUT2D eigenvalue weighted by Gasteiger charge is 2.43. The maximum atomic E-state index is 14.1. The van der Waals surface area contributed by atoms with Gasteiger partial charge in [0.1, 0.15) is 11.5 Å². The number of hydrogen-bond acceptors (Lipinski definition) is 5. The van der Waals surface area contributed by atoms with E-state index in [1.165, 1.54) is 25.1 Å². The van der Waals surface area contributed by atoms with Crippen LogP contribution in [-0.2, 0) is 17.6 Å². The summed E-state index contributed by atoms with van der Waals surface area (Å²) in [6, 6.07) is 20.5. The number of para-hydroxylation sites is 1. The van der Waals surface area contributed by atoms with Gasteiger partial charge in [-0.15, -0.1) is 0 Å². The maximum absolute atomic E-state index is 14.1. The predicted octanol–water partition coefficient (Wildman–Crippen LogP) is 4.70. The minimum atomic E-state index is -1.66. The van der Waals surface area contributed by atoms with Gasteiger partial charge in [0.25, 0.3) is 0 Å². The minimum absolute atomic E-state index is 0.0283. The number of carbonyl (C=O) groups excluding carboxylic acids is 1. The number of carboxylic acid groups (broad SMARTS) is 1. The molecule has 0 saturated carbocycles. The molecular weight excluding hydrogens is 503 g/mol. The standard InChI is InChI=1S/C30H33FN2O6/c1-29(27(34)35,39-26-7-5-4-6-25(26)31)18-21-10-14-24(15-11-21)38-17-16-30(20-32-28(36)33(30)2)19-22-8-12-23(37-3)13-9-22/h4-15H,16-20H2,1-3H3,(H,32,36)(H,34,35). The summed E-state index contributed by atoms with van der Waals surface area (Å²) < 4.78 is 30.9. The average Bonchev–Trinajstić information content (AvgIpc) is 3.20. The number of benzene rings is 3. The van der Waals surface area contributed by atoms with Gasteiger partial charge in [-0.1, -0.05) is 36.4 Å². The zero-order chi connectivity index (χ0) is 28.0. The predicted molar refractivity (Wildman–Crippen MR) is 144 cm³/mol. The maximum Gasteiger partial charge on any atom is 0.348 e. The number of halogens is 1. The van der Waals surface area contributed by atoms with Crippen LogP contribution in [0.2, 0.25) is 0 Å². The van der Waals surface area contributed by atoms with Crippen molar-refractivity contribution < 1.29 is 33.3 Å². The van der Waals surface area contributed by atoms with E-state index in [0.717, 1.165) is 11.3 Å². The van der Waals surface area contributed by atoms with E-state index in [4.69, 9.17) is 14.2 Å². The summed E-state index contributed by atoms with van der Waals surface area (Å²) in [5.74, 6) is -0.544. The van der Waals surface area contributed by atoms with Crippen molar-refractivity contribution in [3.63, 3.8) is 0 Å². The highest BCUT2D eigenvalue weighted by atomic mass is 19.1. The van der Waals surface area contributed by atoms with Crippen LogP contribution in [0.25, 0.3) is 0 Å². The lowest BCUT2D eigenvalue weighted by Crippen LogP contribution is -2.47. The summed E-state index contributed by atoms with van der Waals surface area (Å²) in [5.41, 5.74) is -0.322. The lowest BCUT2D eigenvalue weighted by molar-refractivity contribution is -0.153. The Bertz CT molecular complexity index is 1300. The molecule has 2 unspecified atom stereocenters. The molecule has 2 amide bonds. The fourth-order valence-electron chi connectivity index (χ4n) is 4.72. The van der Waals surface area contributed by atoms with Crippen LogP contribution >= 0.6 is 0 Å². The SMILES string of the molecule is COc1ccc(CC2(CCOc3ccc(CC(C)(Oc4ccccc4F)C(=O)O)cc3)CNC(=O)N2C)cc1. The number of likely N-dealkylation sites (N-methyl/N-ethyl adjacent to an activating group) is 1. The normalized spacial score (nSPS) is 18.3. The van der Waals surface area contributed by atoms with Crippen LogP contribution in [0.15, 0.2) is 72.8 Å². The number of urea groups is 1. The van der Waals surface area contributed by atoms with E-state index in [1.807, 2.05) is 24.3 Å². The first-order chi connectivity index (χ1) is 18.6. The average molecular weight is 537 g/mol. The third-order valence-corrected chi connectivity index (χ3v) is 7.20. The lowest BCUT2D eigenvalue weighted by Gasteiger charge is -2.35. The third kappa shape index (κ3) is 6.42. The Morgan fingerprint density at radius 1 is 1.05 bits per heavy atom. The second-order valence-corrected chi connectivity index (χ2v) is 9.95. The number of aliphatic carboxylic acids is 1. The number of carbonyl (C=O) groups is 2. The smallest absolute Gasteiger partial charge is 0.348 e. The molecule has 1 fully saturated rings. The van der Waals surface area contributed by atoms with Crippen LogP contribution in [0.4, 0.5) is 9.18 Å². The summed E-state index contributed by atoms with van der Waals surface area (Å²) in [7, 11) is 3.42. The Morgan fingerprint density at radius 2 is 1.69 bits per heavy atom. The van der Waals surface area contributed by atoms with Crippen molar-refractivity contribution in [3.8, 4) is 17.2 Å². The van der Waals surface area contributed by atoms with E-state index in [0.29, 0.717) is 37.3 Å². The molecule has 8 nitrogen and oxygen atoms in total. The number of carboxylic acids is 1. The van der Waals surface area contributed by atoms with E-state index in [-0.39, 0.29) is 18.2 Å². The fraction of sp³-hybridized carbons (Fsp3) is 0.333. The van der Waals surface area contributed by atoms with Gasteiger partial charge in [-0.05, 0) is 60.9 Å². The van der Waals surface area contributed by atoms with Crippen molar-refractivity contribution in [2.24, 2.45) is 0 Å². The largest absolute Gasteiger partial charge is 0.497 e. The van der Waals surface area contributed by atoms with Gasteiger partial charge in [-0.25, -0.2) is 14.0 Å². The summed E-state index contributed by atoms with van der Waals surface area (Å²) in [6.07, 6.45) is 1.29. The first kappa shape index (κ1) is 27.8. The number of amides is 2. The summed E-state index contributed by atoms with van der Waals surface area (Å²) in [4.78, 5) is 26.1. The van der Waals surface area contributed by atoms with Crippen LogP contribution in [0.5, 0.6) is 17.2 Å². The number of ether oxygens (including phenoxy) is 3. The second-order valence-electron chi connectivity index (χ2n) is 9.95. The molecule has 0 radical (unpaired) electrons. The highest BCUT2D eigenvalue weighted by Crippen LogP contribution is 2.30. The zero-order valence-electron chi connectivity index (χ0n) is 22.3. The fourth-order valence-corrected chi connectivity index (χ4v) is 4.72. The number of nitrogens with zero attached hydrogens (tertiary/aromatic N) is 1. The third-order valence-electron chi connectivity index (χ3n) is 7.20. The first-order valence-electron chi connectivity index (χ1n) is 12.7. The van der Waals surface area contributed by atoms with Crippen LogP contribution < -0.4 is 19.5 Å². The Morgan fingerprint density at radius 3 is 2.28 bits per heavy atom. The number of nitrogens with one attached hydrogen (secondary N) is 1. The van der Waals surface area contributed by atoms with Gasteiger partial charge in [0.05, 0.1) is 19.3 Å². The second kappa shape index (κ2) is 11.6. The van der Waals surface area contributed by atoms with E-state index in [2.05, 4.69) is 5.32 Å². The molecule has 2 atom stereocenters. The molecule has 0 aromatic heterocycles. The van der Waals surface area contributed by atoms with E-state index < -0.39 is 22.9 Å². The molecule has 1 aliphatic rings. The molecule has 3 aromatic rings. The molecule has 1 heterocycles. The van der Waals surface area contributed by atoms with Gasteiger partial charge in [-0.2, -0.15) is 0 Å². The molecule has 0 aliphatic carbocycles. The number of rotatable bonds is 12. The monoisotopic (exact) mass is 536 g/mol. The number of hydrogen-bond donors (Lipinski definition) is 2. The molecule has 1 saturated heterocycles. The topological polar surface area (TPSA) is 97.3 Å². The van der Waals surface area contributed by atoms with Crippen LogP contribution in [0, 0.1) is 5.82 Å². The van der Waals surface area contributed by atoms with Gasteiger partial charge in [0.15, 0.2) is 11.6 Å². The molecular formula is C30H33FN2O6. The van der Waals surface area contributed by atoms with Gasteiger partial charge < -0.3 is 29.5 Å². The Balaban J connectivity index is 1.39. The van der Waals surface area contributed by atoms with Crippen molar-refractivity contribution in [2.75, 3.05) is 27.3 Å². The zero-order valence-corrected chi connectivity index (χ0v) is 22.3. The van der Waals surface area contributed by atoms with Crippen molar-refractivity contribution in [3.05, 3.63) is 89.7 Å². The van der Waals surface area contributed by atoms with Crippen molar-refractivity contribution in [2.45, 2.75) is 37.3 Å². The lowest BCUT2D eigenvalue weighted by atomic mass is 9.87. The summed E-state index contributed by atoms with van der Waals surface area (Å²) >= 11 is 0. The molecule has 2 N–H and O–H groups in total. The molecule has 9 heteroatoms. The molecule has 0 bridgehead atoms. The van der Waals surface area contributed by atoms with Crippen molar-refractivity contribution in [1.29, 1.82) is 0 Å². The van der Waals surface area contributed by atoms with Crippen LogP contribution in [0.3, 0.4) is 0 Å². The molecule has 4 rings (SSSR count). The molecule has 1 aliphatic heterocycles. The summed E-state index contributed by atoms with van der Waals surface area (Å²) in [6.45, 7) is 2.30. The molecule has 39 heavy (non-hydrogen) atoms. The van der Waals surface area contributed by atoms with Crippen LogP contribution in [0.1, 0.15) is 24.5 Å². The van der Waals surface area contributed by atoms with E-state index in [1.54, 1.807) is 49.4 Å². The molecule has 0 spiro atoms. The van der Waals surface area contributed by atoms with Gasteiger partial charge >= 0.3 is 12.0 Å². The Labute approximate surface area is 227 Å². The quantitative estimate of drug-likeness (QED) is 0.348. The summed E-state index contributed by atoms with van der Waals surface area (Å²) in [5, 5.41) is 12.7. The van der Waals surface area contributed by atoms with E-state index in [9.17, 15) is 19.1 Å². The minimum Gasteiger partial charge on any atom is -0.497 e. The van der Waals surface area contributed by atoms with Crippen molar-refractivity contribution >= 4 is 12.0 Å². The van der Waals surface area contributed by atoms with Crippen LogP contribution in [-0.4, -0.2) is 60.5 Å². The van der Waals surface area contributed by atoms with Gasteiger partial charge in [-0.3, -0.25) is 0 Å². The van der Waals surface area contributed by atoms with Crippen molar-refractivity contribution in [1.82, 2.24) is 10.2 Å². The first-order valence-corrected chi connectivity index (χ1v) is 12.7.